The van der Waals surface area contributed by atoms with Gasteiger partial charge in [-0.25, -0.2) is 0 Å². The predicted octanol–water partition coefficient (Wildman–Crippen LogP) is 2.69. The van der Waals surface area contributed by atoms with E-state index in [1.165, 1.54) is 5.56 Å². The summed E-state index contributed by atoms with van der Waals surface area (Å²) in [6.45, 7) is 6.35. The number of amides is 1. The second kappa shape index (κ2) is 7.83. The van der Waals surface area contributed by atoms with Gasteiger partial charge in [-0.15, -0.1) is 0 Å². The van der Waals surface area contributed by atoms with Crippen LogP contribution in [0, 0.1) is 5.92 Å². The number of aromatic nitrogens is 2. The van der Waals surface area contributed by atoms with Gasteiger partial charge in [0, 0.05) is 12.6 Å². The largest absolute Gasteiger partial charge is 0.335 e. The fraction of sp³-hybridized carbons (Fsp3) is 0.500. The van der Waals surface area contributed by atoms with Gasteiger partial charge in [-0.3, -0.25) is 9.48 Å². The molecule has 1 saturated heterocycles. The molecule has 1 aromatic carbocycles. The molecule has 25 heavy (non-hydrogen) atoms. The summed E-state index contributed by atoms with van der Waals surface area (Å²) in [6.07, 6.45) is 4.58. The lowest BCUT2D eigenvalue weighted by Gasteiger charge is -2.21. The molecule has 1 aliphatic rings. The van der Waals surface area contributed by atoms with Gasteiger partial charge in [0.1, 0.15) is 0 Å². The van der Waals surface area contributed by atoms with Crippen LogP contribution in [-0.4, -0.2) is 39.7 Å². The van der Waals surface area contributed by atoms with E-state index >= 15 is 0 Å². The van der Waals surface area contributed by atoms with Crippen molar-refractivity contribution in [3.8, 4) is 0 Å². The minimum Gasteiger partial charge on any atom is -0.335 e. The Hall–Kier alpha value is -2.14. The van der Waals surface area contributed by atoms with Crippen molar-refractivity contribution >= 4 is 5.91 Å². The number of likely N-dealkylation sites (tertiary alicyclic amines) is 1. The number of rotatable bonds is 6. The summed E-state index contributed by atoms with van der Waals surface area (Å²) in [7, 11) is 0. The summed E-state index contributed by atoms with van der Waals surface area (Å²) >= 11 is 0. The van der Waals surface area contributed by atoms with E-state index in [1.54, 1.807) is 6.20 Å². The first-order valence-electron chi connectivity index (χ1n) is 9.23. The first-order chi connectivity index (χ1) is 12.1. The highest BCUT2D eigenvalue weighted by molar-refractivity contribution is 5.95. The maximum atomic E-state index is 13.1. The van der Waals surface area contributed by atoms with Crippen molar-refractivity contribution in [3.05, 3.63) is 53.3 Å². The molecular formula is C20H28N4O. The maximum absolute atomic E-state index is 13.1. The van der Waals surface area contributed by atoms with Crippen molar-refractivity contribution < 1.29 is 4.79 Å². The Morgan fingerprint density at radius 3 is 2.72 bits per heavy atom. The molecule has 0 aliphatic carbocycles. The molecule has 1 amide bonds. The number of carbonyl (C=O) groups excluding carboxylic acids is 1. The zero-order chi connectivity index (χ0) is 17.8. The van der Waals surface area contributed by atoms with E-state index < -0.39 is 0 Å². The number of hydrogen-bond donors (Lipinski definition) is 1. The van der Waals surface area contributed by atoms with Crippen LogP contribution < -0.4 is 5.73 Å². The highest BCUT2D eigenvalue weighted by Crippen LogP contribution is 2.25. The number of benzene rings is 1. The van der Waals surface area contributed by atoms with Crippen molar-refractivity contribution in [2.45, 2.75) is 45.7 Å². The van der Waals surface area contributed by atoms with Crippen LogP contribution in [0.5, 0.6) is 0 Å². The Kier molecular flexibility index (Phi) is 5.53. The normalized spacial score (nSPS) is 20.2. The summed E-state index contributed by atoms with van der Waals surface area (Å²) in [5, 5.41) is 4.53. The Morgan fingerprint density at radius 2 is 2.08 bits per heavy atom. The maximum Gasteiger partial charge on any atom is 0.257 e. The minimum absolute atomic E-state index is 0.103. The Morgan fingerprint density at radius 1 is 1.32 bits per heavy atom. The second-order valence-electron chi connectivity index (χ2n) is 7.04. The third-order valence-electron chi connectivity index (χ3n) is 5.10. The van der Waals surface area contributed by atoms with Crippen molar-refractivity contribution in [1.29, 1.82) is 0 Å². The first-order valence-corrected chi connectivity index (χ1v) is 9.23. The SMILES string of the molecule is CCCc1c(C(=O)N2CC(CN)CC2C)cnn1Cc1ccccc1. The molecule has 0 radical (unpaired) electrons. The number of hydrogen-bond acceptors (Lipinski definition) is 3. The van der Waals surface area contributed by atoms with Crippen LogP contribution in [0.4, 0.5) is 0 Å². The molecule has 2 aromatic rings. The average Bonchev–Trinajstić information content (AvgIpc) is 3.19. The Balaban J connectivity index is 1.85. The highest BCUT2D eigenvalue weighted by Gasteiger charge is 2.33. The van der Waals surface area contributed by atoms with Gasteiger partial charge in [-0.2, -0.15) is 5.10 Å². The monoisotopic (exact) mass is 340 g/mol. The van der Waals surface area contributed by atoms with Crippen molar-refractivity contribution in [1.82, 2.24) is 14.7 Å². The third-order valence-corrected chi connectivity index (χ3v) is 5.10. The van der Waals surface area contributed by atoms with Gasteiger partial charge in [0.25, 0.3) is 5.91 Å². The van der Waals surface area contributed by atoms with Gasteiger partial charge in [0.2, 0.25) is 0 Å². The zero-order valence-electron chi connectivity index (χ0n) is 15.2. The topological polar surface area (TPSA) is 64.2 Å². The summed E-state index contributed by atoms with van der Waals surface area (Å²) in [6, 6.07) is 10.5. The van der Waals surface area contributed by atoms with Gasteiger partial charge in [0.05, 0.1) is 24.0 Å². The van der Waals surface area contributed by atoms with Gasteiger partial charge in [0.15, 0.2) is 0 Å². The smallest absolute Gasteiger partial charge is 0.257 e. The lowest BCUT2D eigenvalue weighted by molar-refractivity contribution is 0.0742. The average molecular weight is 340 g/mol. The number of nitrogens with two attached hydrogens (primary N) is 1. The zero-order valence-corrected chi connectivity index (χ0v) is 15.2. The molecule has 5 nitrogen and oxygen atoms in total. The van der Waals surface area contributed by atoms with E-state index in [9.17, 15) is 4.79 Å². The van der Waals surface area contributed by atoms with Crippen LogP contribution in [0.15, 0.2) is 36.5 Å². The van der Waals surface area contributed by atoms with Crippen LogP contribution in [0.25, 0.3) is 0 Å². The molecule has 3 rings (SSSR count). The fourth-order valence-electron chi connectivity index (χ4n) is 3.73. The van der Waals surface area contributed by atoms with E-state index in [0.29, 0.717) is 19.0 Å². The number of carbonyl (C=O) groups is 1. The van der Waals surface area contributed by atoms with Crippen LogP contribution in [-0.2, 0) is 13.0 Å². The van der Waals surface area contributed by atoms with Gasteiger partial charge >= 0.3 is 0 Å². The van der Waals surface area contributed by atoms with Crippen LogP contribution in [0.3, 0.4) is 0 Å². The van der Waals surface area contributed by atoms with E-state index in [2.05, 4.69) is 31.1 Å². The quantitative estimate of drug-likeness (QED) is 0.879. The van der Waals surface area contributed by atoms with Gasteiger partial charge < -0.3 is 10.6 Å². The lowest BCUT2D eigenvalue weighted by Crippen LogP contribution is -2.35. The molecule has 1 aromatic heterocycles. The Bertz CT molecular complexity index is 710. The molecule has 5 heteroatoms. The standard InChI is InChI=1S/C20H28N4O/c1-3-7-19-18(20(25)23-13-17(11-21)10-15(23)2)12-22-24(19)14-16-8-5-4-6-9-16/h4-6,8-9,12,15,17H,3,7,10-11,13-14,21H2,1-2H3. The number of nitrogens with zero attached hydrogens (tertiary/aromatic N) is 3. The van der Waals surface area contributed by atoms with Crippen molar-refractivity contribution in [2.24, 2.45) is 11.7 Å². The Labute approximate surface area is 149 Å². The van der Waals surface area contributed by atoms with E-state index in [0.717, 1.165) is 37.1 Å². The predicted molar refractivity (Wildman–Crippen MR) is 99.4 cm³/mol. The van der Waals surface area contributed by atoms with Gasteiger partial charge in [-0.1, -0.05) is 43.7 Å². The van der Waals surface area contributed by atoms with Gasteiger partial charge in [-0.05, 0) is 37.8 Å². The molecule has 1 fully saturated rings. The first kappa shape index (κ1) is 17.7. The van der Waals surface area contributed by atoms with E-state index in [1.807, 2.05) is 27.8 Å². The molecule has 2 unspecified atom stereocenters. The van der Waals surface area contributed by atoms with E-state index in [4.69, 9.17) is 5.73 Å². The fourth-order valence-corrected chi connectivity index (χ4v) is 3.73. The van der Waals surface area contributed by atoms with Crippen LogP contribution >= 0.6 is 0 Å². The van der Waals surface area contributed by atoms with Crippen molar-refractivity contribution in [2.75, 3.05) is 13.1 Å². The molecule has 0 saturated carbocycles. The minimum atomic E-state index is 0.103. The summed E-state index contributed by atoms with van der Waals surface area (Å²) in [5.41, 5.74) is 8.80. The summed E-state index contributed by atoms with van der Waals surface area (Å²) in [4.78, 5) is 15.1. The molecule has 134 valence electrons. The molecule has 2 N–H and O–H groups in total. The molecule has 2 atom stereocenters. The molecule has 1 aliphatic heterocycles. The lowest BCUT2D eigenvalue weighted by atomic mass is 10.1. The van der Waals surface area contributed by atoms with Crippen LogP contribution in [0.2, 0.25) is 0 Å². The highest BCUT2D eigenvalue weighted by atomic mass is 16.2. The third kappa shape index (κ3) is 3.76. The molecule has 0 bridgehead atoms. The summed E-state index contributed by atoms with van der Waals surface area (Å²) < 4.78 is 1.98. The summed E-state index contributed by atoms with van der Waals surface area (Å²) in [5.74, 6) is 0.513. The molecule has 0 spiro atoms. The van der Waals surface area contributed by atoms with Crippen molar-refractivity contribution in [3.63, 3.8) is 0 Å². The second-order valence-corrected chi connectivity index (χ2v) is 7.04. The molecular weight excluding hydrogens is 312 g/mol. The molecule has 2 heterocycles. The van der Waals surface area contributed by atoms with Crippen LogP contribution in [0.1, 0.15) is 48.3 Å². The van der Waals surface area contributed by atoms with E-state index in [-0.39, 0.29) is 11.9 Å².